The minimum absolute atomic E-state index is 0.396. The first kappa shape index (κ1) is 13.7. The van der Waals surface area contributed by atoms with E-state index in [1.54, 1.807) is 19.2 Å². The second kappa shape index (κ2) is 7.04. The molecule has 0 aliphatic heterocycles. The molecule has 8 heteroatoms. The van der Waals surface area contributed by atoms with Crippen LogP contribution in [0.5, 0.6) is 0 Å². The van der Waals surface area contributed by atoms with Crippen molar-refractivity contribution in [3.8, 4) is 6.07 Å². The Balaban J connectivity index is 1.97. The molecule has 2 aromatic heterocycles. The topological polar surface area (TPSA) is 83.7 Å². The van der Waals surface area contributed by atoms with E-state index >= 15 is 0 Å². The van der Waals surface area contributed by atoms with Crippen LogP contribution >= 0.6 is 23.1 Å². The first-order valence-electron chi connectivity index (χ1n) is 5.43. The summed E-state index contributed by atoms with van der Waals surface area (Å²) in [7, 11) is 1.65. The minimum Gasteiger partial charge on any atom is -0.383 e. The molecule has 0 aromatic carbocycles. The number of pyridine rings is 1. The summed E-state index contributed by atoms with van der Waals surface area (Å²) in [5.41, 5.74) is 0.396. The summed E-state index contributed by atoms with van der Waals surface area (Å²) in [4.78, 5) is 4.17. The predicted octanol–water partition coefficient (Wildman–Crippen LogP) is 2.01. The number of methoxy groups -OCH3 is 1. The molecule has 0 fully saturated rings. The summed E-state index contributed by atoms with van der Waals surface area (Å²) in [5, 5.41) is 21.4. The van der Waals surface area contributed by atoms with E-state index in [1.165, 1.54) is 23.1 Å². The zero-order valence-corrected chi connectivity index (χ0v) is 11.8. The molecule has 0 saturated heterocycles. The minimum atomic E-state index is 0.396. The number of rotatable bonds is 6. The fourth-order valence-corrected chi connectivity index (χ4v) is 2.92. The van der Waals surface area contributed by atoms with Crippen LogP contribution in [0.15, 0.2) is 27.6 Å². The highest BCUT2D eigenvalue weighted by atomic mass is 32.2. The Morgan fingerprint density at radius 2 is 2.37 bits per heavy atom. The van der Waals surface area contributed by atoms with Gasteiger partial charge in [0.2, 0.25) is 5.13 Å². The van der Waals surface area contributed by atoms with E-state index in [0.29, 0.717) is 18.8 Å². The van der Waals surface area contributed by atoms with Gasteiger partial charge in [0.15, 0.2) is 4.34 Å². The Labute approximate surface area is 118 Å². The summed E-state index contributed by atoms with van der Waals surface area (Å²) in [6, 6.07) is 7.31. The van der Waals surface area contributed by atoms with Crippen molar-refractivity contribution in [3.63, 3.8) is 0 Å². The highest BCUT2D eigenvalue weighted by Gasteiger charge is 2.07. The van der Waals surface area contributed by atoms with Gasteiger partial charge in [-0.25, -0.2) is 4.98 Å². The largest absolute Gasteiger partial charge is 0.383 e. The molecule has 0 bridgehead atoms. The molecule has 2 aromatic rings. The van der Waals surface area contributed by atoms with Crippen LogP contribution in [-0.4, -0.2) is 35.4 Å². The van der Waals surface area contributed by atoms with Crippen LogP contribution in [0, 0.1) is 11.3 Å². The van der Waals surface area contributed by atoms with Crippen LogP contribution in [0.25, 0.3) is 0 Å². The Bertz CT molecular complexity index is 580. The lowest BCUT2D eigenvalue weighted by molar-refractivity contribution is 0.211. The van der Waals surface area contributed by atoms with Crippen LogP contribution in [0.3, 0.4) is 0 Å². The molecule has 6 nitrogen and oxygen atoms in total. The summed E-state index contributed by atoms with van der Waals surface area (Å²) >= 11 is 2.83. The first-order chi connectivity index (χ1) is 9.31. The van der Waals surface area contributed by atoms with Crippen molar-refractivity contribution in [1.29, 1.82) is 5.26 Å². The van der Waals surface area contributed by atoms with Gasteiger partial charge in [0.25, 0.3) is 0 Å². The maximum atomic E-state index is 8.78. The fourth-order valence-electron chi connectivity index (χ4n) is 1.21. The average molecular weight is 293 g/mol. The molecule has 1 N–H and O–H groups in total. The van der Waals surface area contributed by atoms with Gasteiger partial charge in [-0.15, -0.1) is 10.2 Å². The Morgan fingerprint density at radius 3 is 3.16 bits per heavy atom. The van der Waals surface area contributed by atoms with Gasteiger partial charge in [-0.1, -0.05) is 17.4 Å². The lowest BCUT2D eigenvalue weighted by Crippen LogP contribution is -2.06. The number of nitrogens with one attached hydrogen (secondary N) is 1. The van der Waals surface area contributed by atoms with E-state index in [4.69, 9.17) is 10.00 Å². The van der Waals surface area contributed by atoms with Crippen LogP contribution in [0.2, 0.25) is 0 Å². The standard InChI is InChI=1S/C11H11N5OS2/c1-17-6-5-13-10-15-16-11(19-10)18-9-4-2-3-8(7-12)14-9/h2-4H,5-6H2,1H3,(H,13,15). The molecule has 19 heavy (non-hydrogen) atoms. The molecule has 0 aliphatic carbocycles. The van der Waals surface area contributed by atoms with Gasteiger partial charge in [0.05, 0.1) is 6.61 Å². The molecule has 0 unspecified atom stereocenters. The van der Waals surface area contributed by atoms with Gasteiger partial charge in [-0.3, -0.25) is 0 Å². The summed E-state index contributed by atoms with van der Waals surface area (Å²) < 4.78 is 5.72. The van der Waals surface area contributed by atoms with E-state index < -0.39 is 0 Å². The van der Waals surface area contributed by atoms with Gasteiger partial charge in [0.1, 0.15) is 16.8 Å². The van der Waals surface area contributed by atoms with E-state index in [9.17, 15) is 0 Å². The Morgan fingerprint density at radius 1 is 1.47 bits per heavy atom. The van der Waals surface area contributed by atoms with Crippen LogP contribution < -0.4 is 5.32 Å². The maximum absolute atomic E-state index is 8.78. The van der Waals surface area contributed by atoms with Crippen molar-refractivity contribution in [3.05, 3.63) is 23.9 Å². The lowest BCUT2D eigenvalue weighted by Gasteiger charge is -1.98. The normalized spacial score (nSPS) is 10.1. The lowest BCUT2D eigenvalue weighted by atomic mass is 10.4. The third-order valence-electron chi connectivity index (χ3n) is 2.02. The van der Waals surface area contributed by atoms with Crippen molar-refractivity contribution in [1.82, 2.24) is 15.2 Å². The first-order valence-corrected chi connectivity index (χ1v) is 7.06. The number of nitrogens with zero attached hydrogens (tertiary/aromatic N) is 4. The van der Waals surface area contributed by atoms with Crippen LogP contribution in [0.4, 0.5) is 5.13 Å². The summed E-state index contributed by atoms with van der Waals surface area (Å²) in [6.45, 7) is 1.31. The molecule has 0 radical (unpaired) electrons. The van der Waals surface area contributed by atoms with Gasteiger partial charge in [-0.05, 0) is 23.9 Å². The highest BCUT2D eigenvalue weighted by molar-refractivity contribution is 8.01. The molecule has 2 rings (SSSR count). The summed E-state index contributed by atoms with van der Waals surface area (Å²) in [6.07, 6.45) is 0. The van der Waals surface area contributed by atoms with Gasteiger partial charge in [0, 0.05) is 13.7 Å². The number of anilines is 1. The highest BCUT2D eigenvalue weighted by Crippen LogP contribution is 2.30. The van der Waals surface area contributed by atoms with Crippen molar-refractivity contribution >= 4 is 28.2 Å². The maximum Gasteiger partial charge on any atom is 0.206 e. The second-order valence-electron chi connectivity index (χ2n) is 3.37. The summed E-state index contributed by atoms with van der Waals surface area (Å²) in [5.74, 6) is 0. The monoisotopic (exact) mass is 293 g/mol. The third kappa shape index (κ3) is 4.17. The van der Waals surface area contributed by atoms with Crippen LogP contribution in [-0.2, 0) is 4.74 Å². The van der Waals surface area contributed by atoms with Crippen molar-refractivity contribution in [2.75, 3.05) is 25.6 Å². The molecule has 2 heterocycles. The Kier molecular flexibility index (Phi) is 5.09. The number of ether oxygens (including phenoxy) is 1. The molecule has 98 valence electrons. The molecule has 0 atom stereocenters. The molecule has 0 amide bonds. The average Bonchev–Trinajstić information content (AvgIpc) is 2.87. The Hall–Kier alpha value is -1.69. The van der Waals surface area contributed by atoms with E-state index in [1.807, 2.05) is 12.1 Å². The fraction of sp³-hybridized carbons (Fsp3) is 0.273. The molecular weight excluding hydrogens is 282 g/mol. The smallest absolute Gasteiger partial charge is 0.206 e. The molecule has 0 aliphatic rings. The van der Waals surface area contributed by atoms with Gasteiger partial charge < -0.3 is 10.1 Å². The number of aromatic nitrogens is 3. The van der Waals surface area contributed by atoms with E-state index in [2.05, 4.69) is 20.5 Å². The SMILES string of the molecule is COCCNc1nnc(Sc2cccc(C#N)n2)s1. The predicted molar refractivity (Wildman–Crippen MR) is 73.3 cm³/mol. The number of nitriles is 1. The van der Waals surface area contributed by atoms with E-state index in [0.717, 1.165) is 14.5 Å². The van der Waals surface area contributed by atoms with Crippen molar-refractivity contribution in [2.45, 2.75) is 9.37 Å². The van der Waals surface area contributed by atoms with E-state index in [-0.39, 0.29) is 0 Å². The molecular formula is C11H11N5OS2. The number of hydrogen-bond acceptors (Lipinski definition) is 8. The van der Waals surface area contributed by atoms with Gasteiger partial charge >= 0.3 is 0 Å². The number of hydrogen-bond donors (Lipinski definition) is 1. The van der Waals surface area contributed by atoms with Crippen molar-refractivity contribution < 1.29 is 4.74 Å². The second-order valence-corrected chi connectivity index (χ2v) is 5.61. The zero-order valence-electron chi connectivity index (χ0n) is 10.2. The quantitative estimate of drug-likeness (QED) is 0.815. The van der Waals surface area contributed by atoms with Crippen molar-refractivity contribution in [2.24, 2.45) is 0 Å². The van der Waals surface area contributed by atoms with Crippen LogP contribution in [0.1, 0.15) is 5.69 Å². The third-order valence-corrected chi connectivity index (χ3v) is 3.89. The molecule has 0 spiro atoms. The van der Waals surface area contributed by atoms with Gasteiger partial charge in [-0.2, -0.15) is 5.26 Å². The zero-order chi connectivity index (χ0) is 13.5. The molecule has 0 saturated carbocycles.